The normalized spacial score (nSPS) is 24.8. The Bertz CT molecular complexity index is 438. The maximum Gasteiger partial charge on any atom is 0.235 e. The van der Waals surface area contributed by atoms with Crippen LogP contribution >= 0.6 is 0 Å². The Kier molecular flexibility index (Phi) is 5.46. The number of hydrogen-bond acceptors (Lipinski definition) is 4. The number of aliphatic hydroxyl groups is 1. The van der Waals surface area contributed by atoms with E-state index in [2.05, 4.69) is 16.7 Å². The smallest absolute Gasteiger partial charge is 0.235 e. The summed E-state index contributed by atoms with van der Waals surface area (Å²) in [7, 11) is 0. The van der Waals surface area contributed by atoms with Crippen LogP contribution in [0.25, 0.3) is 0 Å². The zero-order valence-corrected chi connectivity index (χ0v) is 13.8. The molecule has 5 nitrogen and oxygen atoms in total. The Hall–Kier alpha value is -1.12. The second kappa shape index (κ2) is 6.97. The van der Waals surface area contributed by atoms with E-state index in [4.69, 9.17) is 0 Å². The van der Waals surface area contributed by atoms with Gasteiger partial charge in [-0.05, 0) is 51.4 Å². The fourth-order valence-electron chi connectivity index (χ4n) is 3.57. The first kappa shape index (κ1) is 17.2. The second-order valence-electron chi connectivity index (χ2n) is 7.40. The summed E-state index contributed by atoms with van der Waals surface area (Å²) in [5, 5.41) is 25.2. The molecule has 5 heteroatoms. The number of nitriles is 1. The highest BCUT2D eigenvalue weighted by molar-refractivity contribution is 5.79. The molecule has 22 heavy (non-hydrogen) atoms. The molecule has 0 aromatic rings. The molecule has 0 heterocycles. The molecule has 0 radical (unpaired) electrons. The van der Waals surface area contributed by atoms with E-state index in [0.717, 1.165) is 25.7 Å². The van der Waals surface area contributed by atoms with E-state index in [1.807, 2.05) is 6.92 Å². The van der Waals surface area contributed by atoms with Gasteiger partial charge in [-0.25, -0.2) is 0 Å². The third-order valence-electron chi connectivity index (χ3n) is 5.51. The molecule has 2 aliphatic rings. The summed E-state index contributed by atoms with van der Waals surface area (Å²) >= 11 is 0. The minimum Gasteiger partial charge on any atom is -0.394 e. The van der Waals surface area contributed by atoms with Gasteiger partial charge in [0.25, 0.3) is 0 Å². The summed E-state index contributed by atoms with van der Waals surface area (Å²) in [6.07, 6.45) is 7.88. The van der Waals surface area contributed by atoms with Crippen LogP contribution in [0.2, 0.25) is 0 Å². The largest absolute Gasteiger partial charge is 0.394 e. The quantitative estimate of drug-likeness (QED) is 0.668. The van der Waals surface area contributed by atoms with Crippen molar-refractivity contribution in [2.24, 2.45) is 11.8 Å². The summed E-state index contributed by atoms with van der Waals surface area (Å²) < 4.78 is 0. The molecule has 0 bridgehead atoms. The van der Waals surface area contributed by atoms with Crippen LogP contribution in [0, 0.1) is 23.2 Å². The lowest BCUT2D eigenvalue weighted by Crippen LogP contribution is -2.57. The van der Waals surface area contributed by atoms with Crippen LogP contribution < -0.4 is 10.6 Å². The molecular weight excluding hydrogens is 278 g/mol. The number of aliphatic hydroxyl groups excluding tert-OH is 1. The standard InChI is InChI=1S/C17H29N3O2/c1-16(11-18,14-8-9-14)20-15(22)10-19-17(2,12-21)13-6-4-3-5-7-13/h13-14,19,21H,3-10,12H2,1-2H3,(H,20,22). The maximum absolute atomic E-state index is 12.2. The number of carbonyl (C=O) groups is 1. The molecule has 2 aliphatic carbocycles. The van der Waals surface area contributed by atoms with Crippen LogP contribution in [0.1, 0.15) is 58.8 Å². The first-order chi connectivity index (χ1) is 10.4. The van der Waals surface area contributed by atoms with Gasteiger partial charge in [0, 0.05) is 5.54 Å². The summed E-state index contributed by atoms with van der Waals surface area (Å²) in [5.41, 5.74) is -1.17. The van der Waals surface area contributed by atoms with E-state index in [1.165, 1.54) is 19.3 Å². The molecule has 124 valence electrons. The van der Waals surface area contributed by atoms with Crippen LogP contribution in [0.15, 0.2) is 0 Å². The highest BCUT2D eigenvalue weighted by atomic mass is 16.3. The van der Waals surface area contributed by atoms with Gasteiger partial charge in [0.05, 0.1) is 19.2 Å². The Balaban J connectivity index is 1.86. The lowest BCUT2D eigenvalue weighted by atomic mass is 9.76. The molecule has 0 spiro atoms. The first-order valence-electron chi connectivity index (χ1n) is 8.51. The molecule has 0 aromatic carbocycles. The van der Waals surface area contributed by atoms with Gasteiger partial charge in [0.15, 0.2) is 0 Å². The monoisotopic (exact) mass is 307 g/mol. The molecule has 0 aromatic heterocycles. The van der Waals surface area contributed by atoms with Gasteiger partial charge in [-0.2, -0.15) is 5.26 Å². The third-order valence-corrected chi connectivity index (χ3v) is 5.51. The number of nitrogens with zero attached hydrogens (tertiary/aromatic N) is 1. The SMILES string of the molecule is CC(C#N)(NC(=O)CNC(C)(CO)C1CCCCC1)C1CC1. The molecule has 0 aliphatic heterocycles. The molecule has 2 atom stereocenters. The average molecular weight is 307 g/mol. The number of rotatable bonds is 7. The molecule has 3 N–H and O–H groups in total. The Morgan fingerprint density at radius 2 is 1.82 bits per heavy atom. The molecule has 2 fully saturated rings. The van der Waals surface area contributed by atoms with E-state index in [-0.39, 0.29) is 25.0 Å². The highest BCUT2D eigenvalue weighted by Crippen LogP contribution is 2.39. The average Bonchev–Trinajstić information content (AvgIpc) is 3.38. The maximum atomic E-state index is 12.2. The predicted octanol–water partition coefficient (Wildman–Crippen LogP) is 1.72. The van der Waals surface area contributed by atoms with Crippen LogP contribution in [-0.4, -0.2) is 35.2 Å². The van der Waals surface area contributed by atoms with E-state index < -0.39 is 11.1 Å². The van der Waals surface area contributed by atoms with Gasteiger partial charge < -0.3 is 15.7 Å². The van der Waals surface area contributed by atoms with Crippen molar-refractivity contribution in [3.8, 4) is 6.07 Å². The third kappa shape index (κ3) is 3.99. The molecular formula is C17H29N3O2. The van der Waals surface area contributed by atoms with Gasteiger partial charge in [0.1, 0.15) is 5.54 Å². The van der Waals surface area contributed by atoms with Gasteiger partial charge >= 0.3 is 0 Å². The van der Waals surface area contributed by atoms with Crippen LogP contribution in [0.4, 0.5) is 0 Å². The lowest BCUT2D eigenvalue weighted by Gasteiger charge is -2.39. The van der Waals surface area contributed by atoms with E-state index in [1.54, 1.807) is 6.92 Å². The van der Waals surface area contributed by atoms with E-state index >= 15 is 0 Å². The lowest BCUT2D eigenvalue weighted by molar-refractivity contribution is -0.122. The zero-order chi connectivity index (χ0) is 16.2. The number of carbonyl (C=O) groups excluding carboxylic acids is 1. The van der Waals surface area contributed by atoms with Crippen molar-refractivity contribution in [3.63, 3.8) is 0 Å². The summed E-state index contributed by atoms with van der Waals surface area (Å²) in [5.74, 6) is 0.528. The molecule has 1 amide bonds. The Labute approximate surface area is 133 Å². The summed E-state index contributed by atoms with van der Waals surface area (Å²) in [4.78, 5) is 12.2. The molecule has 2 saturated carbocycles. The number of nitrogens with one attached hydrogen (secondary N) is 2. The van der Waals surface area contributed by atoms with E-state index in [0.29, 0.717) is 5.92 Å². The van der Waals surface area contributed by atoms with E-state index in [9.17, 15) is 15.2 Å². The van der Waals surface area contributed by atoms with Crippen molar-refractivity contribution >= 4 is 5.91 Å². The van der Waals surface area contributed by atoms with Crippen LogP contribution in [0.5, 0.6) is 0 Å². The highest BCUT2D eigenvalue weighted by Gasteiger charge is 2.43. The van der Waals surface area contributed by atoms with Crippen LogP contribution in [0.3, 0.4) is 0 Å². The van der Waals surface area contributed by atoms with Crippen molar-refractivity contribution < 1.29 is 9.90 Å². The van der Waals surface area contributed by atoms with Crippen molar-refractivity contribution in [2.75, 3.05) is 13.2 Å². The van der Waals surface area contributed by atoms with Gasteiger partial charge in [-0.1, -0.05) is 19.3 Å². The molecule has 2 unspecified atom stereocenters. The molecule has 0 saturated heterocycles. The van der Waals surface area contributed by atoms with Gasteiger partial charge in [-0.3, -0.25) is 4.79 Å². The number of amides is 1. The van der Waals surface area contributed by atoms with Crippen LogP contribution in [-0.2, 0) is 4.79 Å². The fourth-order valence-corrected chi connectivity index (χ4v) is 3.57. The van der Waals surface area contributed by atoms with Crippen molar-refractivity contribution in [1.29, 1.82) is 5.26 Å². The van der Waals surface area contributed by atoms with Gasteiger partial charge in [0.2, 0.25) is 5.91 Å². The second-order valence-corrected chi connectivity index (χ2v) is 7.40. The first-order valence-corrected chi connectivity index (χ1v) is 8.51. The van der Waals surface area contributed by atoms with Crippen molar-refractivity contribution in [1.82, 2.24) is 10.6 Å². The fraction of sp³-hybridized carbons (Fsp3) is 0.882. The summed E-state index contributed by atoms with van der Waals surface area (Å²) in [6, 6.07) is 2.24. The van der Waals surface area contributed by atoms with Crippen molar-refractivity contribution in [3.05, 3.63) is 0 Å². The molecule has 2 rings (SSSR count). The van der Waals surface area contributed by atoms with Gasteiger partial charge in [-0.15, -0.1) is 0 Å². The number of hydrogen-bond donors (Lipinski definition) is 3. The predicted molar refractivity (Wildman–Crippen MR) is 85.0 cm³/mol. The minimum atomic E-state index is -0.751. The topological polar surface area (TPSA) is 85.2 Å². The summed E-state index contributed by atoms with van der Waals surface area (Å²) in [6.45, 7) is 3.98. The Morgan fingerprint density at radius 1 is 1.18 bits per heavy atom. The Morgan fingerprint density at radius 3 is 2.32 bits per heavy atom. The minimum absolute atomic E-state index is 0.0308. The van der Waals surface area contributed by atoms with Crippen molar-refractivity contribution in [2.45, 2.75) is 69.9 Å². The zero-order valence-electron chi connectivity index (χ0n) is 13.8.